The van der Waals surface area contributed by atoms with Crippen molar-refractivity contribution >= 4 is 17.9 Å². The highest BCUT2D eigenvalue weighted by molar-refractivity contribution is 5.88. The van der Waals surface area contributed by atoms with E-state index in [0.29, 0.717) is 12.1 Å². The highest BCUT2D eigenvalue weighted by atomic mass is 16.5. The van der Waals surface area contributed by atoms with Gasteiger partial charge in [0.05, 0.1) is 25.6 Å². The van der Waals surface area contributed by atoms with E-state index in [-0.39, 0.29) is 6.61 Å². The Kier molecular flexibility index (Phi) is 10.3. The Balaban J connectivity index is 0.000000302. The van der Waals surface area contributed by atoms with Gasteiger partial charge in [-0.3, -0.25) is 14.5 Å². The zero-order valence-electron chi connectivity index (χ0n) is 22.7. The van der Waals surface area contributed by atoms with Gasteiger partial charge in [0.25, 0.3) is 0 Å². The molecule has 0 aliphatic carbocycles. The molecule has 41 heavy (non-hydrogen) atoms. The molecule has 2 aromatic carbocycles. The summed E-state index contributed by atoms with van der Waals surface area (Å²) in [5, 5.41) is 45.2. The Hall–Kier alpha value is -4.11. The van der Waals surface area contributed by atoms with Gasteiger partial charge in [0, 0.05) is 24.2 Å². The summed E-state index contributed by atoms with van der Waals surface area (Å²) in [6.07, 6.45) is 6.81. The smallest absolute Gasteiger partial charge is 0.336 e. The number of piperidine rings is 1. The summed E-state index contributed by atoms with van der Waals surface area (Å²) in [6.45, 7) is 1.11. The van der Waals surface area contributed by atoms with E-state index >= 15 is 0 Å². The van der Waals surface area contributed by atoms with Crippen molar-refractivity contribution in [3.63, 3.8) is 0 Å². The van der Waals surface area contributed by atoms with Crippen molar-refractivity contribution in [1.82, 2.24) is 4.90 Å². The second-order valence-electron chi connectivity index (χ2n) is 10.3. The molecule has 11 heteroatoms. The third-order valence-corrected chi connectivity index (χ3v) is 7.47. The third-order valence-electron chi connectivity index (χ3n) is 7.47. The first kappa shape index (κ1) is 31.4. The highest BCUT2D eigenvalue weighted by Gasteiger charge is 2.48. The Morgan fingerprint density at radius 3 is 2.05 bits per heavy atom. The van der Waals surface area contributed by atoms with Crippen LogP contribution >= 0.6 is 0 Å². The number of carbonyl (C=O) groups is 3. The van der Waals surface area contributed by atoms with Gasteiger partial charge >= 0.3 is 17.9 Å². The number of nitrogens with zero attached hydrogens (tertiary/aromatic N) is 1. The fourth-order valence-corrected chi connectivity index (χ4v) is 5.52. The van der Waals surface area contributed by atoms with E-state index in [1.54, 1.807) is 7.11 Å². The molecule has 2 atom stereocenters. The maximum atomic E-state index is 11.4. The average molecular weight is 570 g/mol. The first-order valence-electron chi connectivity index (χ1n) is 13.1. The van der Waals surface area contributed by atoms with Gasteiger partial charge < -0.3 is 35.0 Å². The Morgan fingerprint density at radius 1 is 1.00 bits per heavy atom. The van der Waals surface area contributed by atoms with Crippen LogP contribution in [-0.2, 0) is 26.5 Å². The first-order valence-corrected chi connectivity index (χ1v) is 13.1. The van der Waals surface area contributed by atoms with Gasteiger partial charge in [-0.15, -0.1) is 6.42 Å². The largest absolute Gasteiger partial charge is 0.497 e. The second kappa shape index (κ2) is 13.5. The monoisotopic (exact) mass is 569 g/mol. The van der Waals surface area contributed by atoms with Crippen molar-refractivity contribution in [3.05, 3.63) is 59.7 Å². The maximum absolute atomic E-state index is 11.4. The normalized spacial score (nSPS) is 21.6. The summed E-state index contributed by atoms with van der Waals surface area (Å²) in [6, 6.07) is 16.7. The van der Waals surface area contributed by atoms with Crippen molar-refractivity contribution in [3.8, 4) is 23.8 Å². The van der Waals surface area contributed by atoms with Gasteiger partial charge in [-0.25, -0.2) is 4.79 Å². The van der Waals surface area contributed by atoms with Gasteiger partial charge in [0.1, 0.15) is 18.1 Å². The summed E-state index contributed by atoms with van der Waals surface area (Å²) in [5.74, 6) is -0.809. The lowest BCUT2D eigenvalue weighted by atomic mass is 9.80. The Labute approximate surface area is 237 Å². The van der Waals surface area contributed by atoms with E-state index in [1.165, 1.54) is 0 Å². The molecule has 0 aromatic heterocycles. The SMILES string of the molecule is C#CCOc1ccccc1CN1C2CCC1CC(O)(c1ccc(OC)cc1)C2.O=C(O)CC(O)(CC(=O)O)C(=O)O. The number of carboxylic acids is 3. The van der Waals surface area contributed by atoms with E-state index in [1.807, 2.05) is 42.5 Å². The lowest BCUT2D eigenvalue weighted by Gasteiger charge is -2.44. The number of benzene rings is 2. The van der Waals surface area contributed by atoms with Crippen LogP contribution in [0.5, 0.6) is 11.5 Å². The number of fused-ring (bicyclic) bond motifs is 2. The number of aliphatic hydroxyl groups is 2. The summed E-state index contributed by atoms with van der Waals surface area (Å²) in [7, 11) is 1.66. The van der Waals surface area contributed by atoms with Crippen LogP contribution in [0.3, 0.4) is 0 Å². The van der Waals surface area contributed by atoms with Crippen molar-refractivity contribution in [1.29, 1.82) is 0 Å². The standard InChI is InChI=1S/C24H27NO3.C6H8O7/c1-3-14-28-23-7-5-4-6-18(23)17-25-20-10-11-21(25)16-24(26,15-20)19-8-12-22(27-2)13-9-19;7-3(8)1-6(13,5(11)12)2-4(9)10/h1,4-9,12-13,20-21,26H,10-11,14-17H2,2H3;13H,1-2H2,(H,7,8)(H,9,10)(H,11,12). The van der Waals surface area contributed by atoms with Crippen molar-refractivity contribution in [2.75, 3.05) is 13.7 Å². The minimum absolute atomic E-state index is 0.279. The molecule has 2 aliphatic heterocycles. The minimum atomic E-state index is -2.74. The number of aliphatic carboxylic acids is 3. The zero-order valence-corrected chi connectivity index (χ0v) is 22.7. The molecule has 2 bridgehead atoms. The van der Waals surface area contributed by atoms with Crippen molar-refractivity contribution in [2.24, 2.45) is 0 Å². The molecule has 2 heterocycles. The number of rotatable bonds is 11. The Bertz CT molecular complexity index is 1240. The molecule has 5 N–H and O–H groups in total. The zero-order chi connectivity index (χ0) is 30.2. The van der Waals surface area contributed by atoms with Crippen LogP contribution < -0.4 is 9.47 Å². The van der Waals surface area contributed by atoms with Gasteiger partial charge in [-0.1, -0.05) is 36.3 Å². The first-order chi connectivity index (χ1) is 19.4. The number of para-hydroxylation sites is 1. The van der Waals surface area contributed by atoms with Gasteiger partial charge in [0.2, 0.25) is 0 Å². The van der Waals surface area contributed by atoms with Crippen LogP contribution in [-0.4, -0.2) is 79.7 Å². The number of hydrogen-bond donors (Lipinski definition) is 5. The molecule has 220 valence electrons. The molecule has 11 nitrogen and oxygen atoms in total. The number of ether oxygens (including phenoxy) is 2. The predicted octanol–water partition coefficient (Wildman–Crippen LogP) is 2.47. The van der Waals surface area contributed by atoms with E-state index in [0.717, 1.165) is 54.9 Å². The number of terminal acetylenes is 1. The molecule has 0 radical (unpaired) electrons. The number of hydrogen-bond acceptors (Lipinski definition) is 8. The average Bonchev–Trinajstić information content (AvgIpc) is 3.16. The second-order valence-corrected chi connectivity index (χ2v) is 10.3. The van der Waals surface area contributed by atoms with Crippen molar-refractivity contribution in [2.45, 2.75) is 68.4 Å². The van der Waals surface area contributed by atoms with E-state index in [2.05, 4.69) is 16.9 Å². The fraction of sp³-hybridized carbons (Fsp3) is 0.433. The maximum Gasteiger partial charge on any atom is 0.336 e. The van der Waals surface area contributed by atoms with E-state index in [9.17, 15) is 19.5 Å². The lowest BCUT2D eigenvalue weighted by molar-refractivity contribution is -0.170. The van der Waals surface area contributed by atoms with Crippen LogP contribution in [0, 0.1) is 12.3 Å². The van der Waals surface area contributed by atoms with Gasteiger partial charge in [-0.2, -0.15) is 0 Å². The minimum Gasteiger partial charge on any atom is -0.497 e. The van der Waals surface area contributed by atoms with Crippen LogP contribution in [0.15, 0.2) is 48.5 Å². The lowest BCUT2D eigenvalue weighted by Crippen LogP contribution is -2.49. The number of methoxy groups -OCH3 is 1. The molecule has 0 amide bonds. The molecule has 2 fully saturated rings. The summed E-state index contributed by atoms with van der Waals surface area (Å²) in [5.41, 5.74) is -1.36. The number of carboxylic acid groups (broad SMARTS) is 3. The van der Waals surface area contributed by atoms with Gasteiger partial charge in [0.15, 0.2) is 5.60 Å². The fourth-order valence-electron chi connectivity index (χ4n) is 5.52. The molecular formula is C30H35NO10. The molecule has 2 saturated heterocycles. The van der Waals surface area contributed by atoms with Crippen LogP contribution in [0.1, 0.15) is 49.7 Å². The van der Waals surface area contributed by atoms with Crippen LogP contribution in [0.25, 0.3) is 0 Å². The molecular weight excluding hydrogens is 534 g/mol. The van der Waals surface area contributed by atoms with Gasteiger partial charge in [-0.05, 0) is 49.4 Å². The van der Waals surface area contributed by atoms with Crippen molar-refractivity contribution < 1.29 is 49.4 Å². The molecule has 2 aliphatic rings. The predicted molar refractivity (Wildman–Crippen MR) is 146 cm³/mol. The summed E-state index contributed by atoms with van der Waals surface area (Å²) in [4.78, 5) is 33.0. The molecule has 2 unspecified atom stereocenters. The Morgan fingerprint density at radius 2 is 1.56 bits per heavy atom. The van der Waals surface area contributed by atoms with E-state index in [4.69, 9.17) is 36.3 Å². The molecule has 0 spiro atoms. The quantitative estimate of drug-likeness (QED) is 0.252. The third kappa shape index (κ3) is 7.98. The molecule has 4 rings (SSSR count). The summed E-state index contributed by atoms with van der Waals surface area (Å²) < 4.78 is 11.0. The molecule has 0 saturated carbocycles. The van der Waals surface area contributed by atoms with Crippen LogP contribution in [0.2, 0.25) is 0 Å². The highest BCUT2D eigenvalue weighted by Crippen LogP contribution is 2.46. The van der Waals surface area contributed by atoms with Crippen LogP contribution in [0.4, 0.5) is 0 Å². The topological polar surface area (TPSA) is 174 Å². The van der Waals surface area contributed by atoms with E-state index < -0.39 is 42.0 Å². The molecule has 2 aromatic rings. The summed E-state index contributed by atoms with van der Waals surface area (Å²) >= 11 is 0.